The first-order chi connectivity index (χ1) is 12.2. The lowest BCUT2D eigenvalue weighted by Crippen LogP contribution is -2.41. The van der Waals surface area contributed by atoms with Gasteiger partial charge in [-0.05, 0) is 51.4 Å². The third-order valence-electron chi connectivity index (χ3n) is 5.47. The zero-order valence-corrected chi connectivity index (χ0v) is 15.3. The van der Waals surface area contributed by atoms with Crippen LogP contribution < -0.4 is 10.4 Å². The van der Waals surface area contributed by atoms with Crippen LogP contribution in [-0.4, -0.2) is 30.1 Å². The lowest BCUT2D eigenvalue weighted by atomic mass is 9.75. The second-order valence-corrected chi connectivity index (χ2v) is 7.64. The molecule has 0 saturated carbocycles. The Hall–Kier alpha value is -2.44. The fourth-order valence-electron chi connectivity index (χ4n) is 3.29. The third kappa shape index (κ3) is 2.33. The van der Waals surface area contributed by atoms with Crippen molar-refractivity contribution in [2.24, 2.45) is 0 Å². The topological polar surface area (TPSA) is 55.8 Å². The molecule has 0 unspecified atom stereocenters. The van der Waals surface area contributed by atoms with Gasteiger partial charge in [-0.3, -0.25) is 9.59 Å². The van der Waals surface area contributed by atoms with Crippen molar-refractivity contribution in [2.45, 2.75) is 38.9 Å². The highest BCUT2D eigenvalue weighted by molar-refractivity contribution is 6.65. The number of para-hydroxylation sites is 1. The summed E-state index contributed by atoms with van der Waals surface area (Å²) < 4.78 is 12.2. The van der Waals surface area contributed by atoms with E-state index in [9.17, 15) is 9.59 Å². The van der Waals surface area contributed by atoms with E-state index in [1.54, 1.807) is 42.5 Å². The summed E-state index contributed by atoms with van der Waals surface area (Å²) in [6.45, 7) is 7.83. The number of anilines is 1. The monoisotopic (exact) mass is 349 g/mol. The van der Waals surface area contributed by atoms with E-state index < -0.39 is 18.3 Å². The summed E-state index contributed by atoms with van der Waals surface area (Å²) in [5, 5.41) is 0. The molecular formula is C20H20BNO4. The van der Waals surface area contributed by atoms with Gasteiger partial charge in [-0.15, -0.1) is 0 Å². The minimum Gasteiger partial charge on any atom is -0.399 e. The summed E-state index contributed by atoms with van der Waals surface area (Å²) >= 11 is 0. The van der Waals surface area contributed by atoms with Crippen LogP contribution in [0.5, 0.6) is 0 Å². The van der Waals surface area contributed by atoms with Crippen molar-refractivity contribution >= 4 is 30.1 Å². The molecule has 2 aromatic rings. The third-order valence-corrected chi connectivity index (χ3v) is 5.47. The van der Waals surface area contributed by atoms with Gasteiger partial charge in [0.15, 0.2) is 0 Å². The molecular weight excluding hydrogens is 329 g/mol. The molecule has 0 aliphatic carbocycles. The molecule has 132 valence electrons. The van der Waals surface area contributed by atoms with Gasteiger partial charge < -0.3 is 9.31 Å². The lowest BCUT2D eigenvalue weighted by molar-refractivity contribution is 0.00578. The highest BCUT2D eigenvalue weighted by atomic mass is 16.7. The van der Waals surface area contributed by atoms with Crippen molar-refractivity contribution in [3.63, 3.8) is 0 Å². The SMILES string of the molecule is CC1(C)OB(c2cccc3c2C(=O)N(c2ccccc2)C3=O)OC1(C)C. The Labute approximate surface area is 153 Å². The first-order valence-electron chi connectivity index (χ1n) is 8.65. The maximum atomic E-state index is 13.1. The molecule has 0 bridgehead atoms. The van der Waals surface area contributed by atoms with Gasteiger partial charge in [-0.1, -0.05) is 30.3 Å². The van der Waals surface area contributed by atoms with Gasteiger partial charge in [0.1, 0.15) is 0 Å². The van der Waals surface area contributed by atoms with E-state index >= 15 is 0 Å². The Morgan fingerprint density at radius 3 is 2.04 bits per heavy atom. The van der Waals surface area contributed by atoms with Crippen LogP contribution in [0, 0.1) is 0 Å². The fraction of sp³-hybridized carbons (Fsp3) is 0.300. The average Bonchev–Trinajstić information content (AvgIpc) is 2.98. The van der Waals surface area contributed by atoms with Crippen LogP contribution in [0.4, 0.5) is 5.69 Å². The highest BCUT2D eigenvalue weighted by Gasteiger charge is 2.53. The summed E-state index contributed by atoms with van der Waals surface area (Å²) in [6.07, 6.45) is 0. The standard InChI is InChI=1S/C20H20BNO4/c1-19(2)20(3,4)26-21(25-19)15-12-8-11-14-16(15)18(24)22(17(14)23)13-9-6-5-7-10-13/h5-12H,1-4H3. The number of amides is 2. The van der Waals surface area contributed by atoms with Gasteiger partial charge in [0.05, 0.1) is 28.0 Å². The first kappa shape index (κ1) is 17.0. The molecule has 26 heavy (non-hydrogen) atoms. The van der Waals surface area contributed by atoms with Crippen molar-refractivity contribution in [1.29, 1.82) is 0 Å². The Morgan fingerprint density at radius 1 is 0.808 bits per heavy atom. The number of nitrogens with zero attached hydrogens (tertiary/aromatic N) is 1. The molecule has 0 atom stereocenters. The van der Waals surface area contributed by atoms with Gasteiger partial charge >= 0.3 is 7.12 Å². The van der Waals surface area contributed by atoms with Crippen LogP contribution in [0.3, 0.4) is 0 Å². The van der Waals surface area contributed by atoms with Crippen molar-refractivity contribution in [3.05, 3.63) is 59.7 Å². The second kappa shape index (κ2) is 5.53. The Kier molecular flexibility index (Phi) is 3.62. The Balaban J connectivity index is 1.78. The number of carbonyl (C=O) groups excluding carboxylic acids is 2. The number of carbonyl (C=O) groups is 2. The van der Waals surface area contributed by atoms with Crippen LogP contribution in [0.15, 0.2) is 48.5 Å². The van der Waals surface area contributed by atoms with Crippen molar-refractivity contribution in [3.8, 4) is 0 Å². The maximum Gasteiger partial charge on any atom is 0.495 e. The summed E-state index contributed by atoms with van der Waals surface area (Å²) in [4.78, 5) is 27.2. The van der Waals surface area contributed by atoms with Crippen LogP contribution in [0.25, 0.3) is 0 Å². The van der Waals surface area contributed by atoms with Gasteiger partial charge in [0.25, 0.3) is 11.8 Å². The van der Waals surface area contributed by atoms with Crippen molar-refractivity contribution < 1.29 is 18.9 Å². The summed E-state index contributed by atoms with van der Waals surface area (Å²) in [7, 11) is -0.692. The predicted octanol–water partition coefficient (Wildman–Crippen LogP) is 2.79. The molecule has 2 amide bonds. The zero-order chi connectivity index (χ0) is 18.7. The largest absolute Gasteiger partial charge is 0.495 e. The minimum absolute atomic E-state index is 0.324. The smallest absolute Gasteiger partial charge is 0.399 e. The molecule has 1 saturated heterocycles. The molecule has 2 aliphatic heterocycles. The van der Waals surface area contributed by atoms with E-state index in [2.05, 4.69) is 0 Å². The maximum absolute atomic E-state index is 13.1. The number of benzene rings is 2. The van der Waals surface area contributed by atoms with E-state index in [0.717, 1.165) is 0 Å². The van der Waals surface area contributed by atoms with E-state index in [-0.39, 0.29) is 11.8 Å². The van der Waals surface area contributed by atoms with E-state index in [4.69, 9.17) is 9.31 Å². The number of hydrogen-bond donors (Lipinski definition) is 0. The van der Waals surface area contributed by atoms with E-state index in [0.29, 0.717) is 22.3 Å². The summed E-state index contributed by atoms with van der Waals surface area (Å²) in [5.74, 6) is -0.670. The Bertz CT molecular complexity index is 891. The fourth-order valence-corrected chi connectivity index (χ4v) is 3.29. The van der Waals surface area contributed by atoms with Crippen LogP contribution >= 0.6 is 0 Å². The first-order valence-corrected chi connectivity index (χ1v) is 8.65. The minimum atomic E-state index is -0.692. The molecule has 0 spiro atoms. The molecule has 0 radical (unpaired) electrons. The molecule has 2 aliphatic rings. The van der Waals surface area contributed by atoms with Crippen LogP contribution in [0.2, 0.25) is 0 Å². The average molecular weight is 349 g/mol. The normalized spacial score (nSPS) is 20.6. The van der Waals surface area contributed by atoms with Gasteiger partial charge in [0, 0.05) is 0 Å². The predicted molar refractivity (Wildman–Crippen MR) is 99.7 cm³/mol. The molecule has 5 nitrogen and oxygen atoms in total. The van der Waals surface area contributed by atoms with Crippen LogP contribution in [0.1, 0.15) is 48.4 Å². The highest BCUT2D eigenvalue weighted by Crippen LogP contribution is 2.37. The number of rotatable bonds is 2. The molecule has 2 aromatic carbocycles. The quantitative estimate of drug-likeness (QED) is 0.618. The molecule has 4 rings (SSSR count). The summed E-state index contributed by atoms with van der Waals surface area (Å²) in [5.41, 5.74) is 0.846. The van der Waals surface area contributed by atoms with E-state index in [1.165, 1.54) is 4.90 Å². The zero-order valence-electron chi connectivity index (χ0n) is 15.3. The van der Waals surface area contributed by atoms with Crippen LogP contribution in [-0.2, 0) is 9.31 Å². The van der Waals surface area contributed by atoms with Gasteiger partial charge in [0.2, 0.25) is 0 Å². The number of hydrogen-bond acceptors (Lipinski definition) is 4. The lowest BCUT2D eigenvalue weighted by Gasteiger charge is -2.32. The number of imide groups is 1. The molecule has 0 aromatic heterocycles. The molecule has 6 heteroatoms. The van der Waals surface area contributed by atoms with Gasteiger partial charge in [-0.25, -0.2) is 4.90 Å². The molecule has 0 N–H and O–H groups in total. The molecule has 2 heterocycles. The number of fused-ring (bicyclic) bond motifs is 1. The van der Waals surface area contributed by atoms with Crippen molar-refractivity contribution in [2.75, 3.05) is 4.90 Å². The summed E-state index contributed by atoms with van der Waals surface area (Å²) in [6, 6.07) is 14.2. The Morgan fingerprint density at radius 2 is 1.42 bits per heavy atom. The molecule has 1 fully saturated rings. The van der Waals surface area contributed by atoms with Crippen molar-refractivity contribution in [1.82, 2.24) is 0 Å². The van der Waals surface area contributed by atoms with E-state index in [1.807, 2.05) is 33.8 Å². The second-order valence-electron chi connectivity index (χ2n) is 7.64. The van der Waals surface area contributed by atoms with Gasteiger partial charge in [-0.2, -0.15) is 0 Å².